The first kappa shape index (κ1) is 19.2. The van der Waals surface area contributed by atoms with Crippen molar-refractivity contribution in [3.05, 3.63) is 40.2 Å². The van der Waals surface area contributed by atoms with Crippen molar-refractivity contribution in [1.29, 1.82) is 0 Å². The van der Waals surface area contributed by atoms with Crippen LogP contribution in [0.3, 0.4) is 0 Å². The van der Waals surface area contributed by atoms with Gasteiger partial charge >= 0.3 is 11.7 Å². The molecular formula is C18H20F3N3O3. The smallest absolute Gasteiger partial charge is 0.391 e. The normalized spacial score (nSPS) is 20.6. The molecule has 2 heterocycles. The van der Waals surface area contributed by atoms with E-state index in [9.17, 15) is 28.2 Å². The summed E-state index contributed by atoms with van der Waals surface area (Å²) in [5.74, 6) is -1.84. The predicted molar refractivity (Wildman–Crippen MR) is 91.1 cm³/mol. The number of alkyl halides is 3. The quantitative estimate of drug-likeness (QED) is 0.848. The molecule has 6 nitrogen and oxygen atoms in total. The molecule has 9 heteroatoms. The summed E-state index contributed by atoms with van der Waals surface area (Å²) < 4.78 is 40.0. The van der Waals surface area contributed by atoms with E-state index in [4.69, 9.17) is 0 Å². The molecule has 0 saturated heterocycles. The third-order valence-electron chi connectivity index (χ3n) is 5.01. The molecular weight excluding hydrogens is 363 g/mol. The largest absolute Gasteiger partial charge is 0.506 e. The van der Waals surface area contributed by atoms with Crippen LogP contribution >= 0.6 is 0 Å². The highest BCUT2D eigenvalue weighted by Crippen LogP contribution is 2.42. The Morgan fingerprint density at radius 2 is 1.85 bits per heavy atom. The second kappa shape index (κ2) is 7.21. The monoisotopic (exact) mass is 383 g/mol. The predicted octanol–water partition coefficient (Wildman–Crippen LogP) is 3.44. The van der Waals surface area contributed by atoms with Gasteiger partial charge in [0.05, 0.1) is 17.8 Å². The minimum absolute atomic E-state index is 0.0324. The molecule has 0 unspecified atom stereocenters. The van der Waals surface area contributed by atoms with Crippen LogP contribution in [0.15, 0.2) is 23.1 Å². The number of pyridine rings is 1. The Kier molecular flexibility index (Phi) is 5.12. The van der Waals surface area contributed by atoms with E-state index in [1.807, 2.05) is 0 Å². The standard InChI is InChI=1S/C18H20F3N3O3/c1-2-13-15(26)17(27)24(14-8-7-12(25)9-22-14)16(23-13)10-3-5-11(6-4-10)18(19,20)21/h7-11,25-26H,2-6H2,1H3. The van der Waals surface area contributed by atoms with Crippen LogP contribution in [0.4, 0.5) is 13.2 Å². The number of aromatic nitrogens is 3. The Bertz CT molecular complexity index is 870. The van der Waals surface area contributed by atoms with Gasteiger partial charge in [-0.2, -0.15) is 13.2 Å². The van der Waals surface area contributed by atoms with Crippen molar-refractivity contribution < 1.29 is 23.4 Å². The average molecular weight is 383 g/mol. The number of aryl methyl sites for hydroxylation is 1. The lowest BCUT2D eigenvalue weighted by Gasteiger charge is -2.30. The lowest BCUT2D eigenvalue weighted by Crippen LogP contribution is -2.31. The zero-order chi connectivity index (χ0) is 19.8. The van der Waals surface area contributed by atoms with Crippen molar-refractivity contribution in [1.82, 2.24) is 14.5 Å². The van der Waals surface area contributed by atoms with Gasteiger partial charge in [-0.25, -0.2) is 14.5 Å². The number of rotatable bonds is 3. The molecule has 3 rings (SSSR count). The Morgan fingerprint density at radius 1 is 1.19 bits per heavy atom. The summed E-state index contributed by atoms with van der Waals surface area (Å²) in [6.45, 7) is 1.73. The molecule has 0 bridgehead atoms. The van der Waals surface area contributed by atoms with E-state index in [1.54, 1.807) is 6.92 Å². The molecule has 1 saturated carbocycles. The van der Waals surface area contributed by atoms with Gasteiger partial charge in [-0.3, -0.25) is 4.79 Å². The molecule has 1 aliphatic rings. The highest BCUT2D eigenvalue weighted by Gasteiger charge is 2.42. The summed E-state index contributed by atoms with van der Waals surface area (Å²) >= 11 is 0. The Morgan fingerprint density at radius 3 is 2.37 bits per heavy atom. The lowest BCUT2D eigenvalue weighted by molar-refractivity contribution is -0.182. The van der Waals surface area contributed by atoms with Gasteiger partial charge in [0.2, 0.25) is 5.75 Å². The molecule has 2 aromatic heterocycles. The van der Waals surface area contributed by atoms with Crippen LogP contribution in [0.5, 0.6) is 11.5 Å². The van der Waals surface area contributed by atoms with E-state index in [0.29, 0.717) is 12.2 Å². The van der Waals surface area contributed by atoms with Crippen LogP contribution in [-0.2, 0) is 6.42 Å². The van der Waals surface area contributed by atoms with E-state index in [0.717, 1.165) is 10.8 Å². The van der Waals surface area contributed by atoms with Gasteiger partial charge in [0.1, 0.15) is 17.4 Å². The number of nitrogens with zero attached hydrogens (tertiary/aromatic N) is 3. The van der Waals surface area contributed by atoms with Gasteiger partial charge in [0, 0.05) is 5.92 Å². The summed E-state index contributed by atoms with van der Waals surface area (Å²) in [5, 5.41) is 19.6. The van der Waals surface area contributed by atoms with Crippen molar-refractivity contribution in [3.8, 4) is 17.3 Å². The maximum atomic E-state index is 13.0. The fourth-order valence-corrected chi connectivity index (χ4v) is 3.51. The van der Waals surface area contributed by atoms with Crippen LogP contribution in [0.2, 0.25) is 0 Å². The minimum atomic E-state index is -4.22. The molecule has 1 fully saturated rings. The average Bonchev–Trinajstić information content (AvgIpc) is 2.64. The molecule has 0 atom stereocenters. The molecule has 2 N–H and O–H groups in total. The van der Waals surface area contributed by atoms with E-state index in [2.05, 4.69) is 9.97 Å². The highest BCUT2D eigenvalue weighted by molar-refractivity contribution is 5.35. The maximum Gasteiger partial charge on any atom is 0.391 e. The molecule has 0 spiro atoms. The zero-order valence-electron chi connectivity index (χ0n) is 14.7. The molecule has 0 aromatic carbocycles. The second-order valence-electron chi connectivity index (χ2n) is 6.72. The first-order valence-corrected chi connectivity index (χ1v) is 8.79. The Hall–Kier alpha value is -2.58. The van der Waals surface area contributed by atoms with Crippen LogP contribution < -0.4 is 5.56 Å². The Balaban J connectivity index is 2.05. The third-order valence-corrected chi connectivity index (χ3v) is 5.01. The summed E-state index contributed by atoms with van der Waals surface area (Å²) in [5.41, 5.74) is -0.504. The fraction of sp³-hybridized carbons (Fsp3) is 0.500. The SMILES string of the molecule is CCc1nc(C2CCC(C(F)(F)F)CC2)n(-c2ccc(O)cn2)c(=O)c1O. The van der Waals surface area contributed by atoms with Gasteiger partial charge in [-0.1, -0.05) is 6.92 Å². The van der Waals surface area contributed by atoms with Crippen molar-refractivity contribution in [2.75, 3.05) is 0 Å². The van der Waals surface area contributed by atoms with Crippen molar-refractivity contribution in [2.45, 2.75) is 51.1 Å². The van der Waals surface area contributed by atoms with E-state index in [-0.39, 0.29) is 48.9 Å². The topological polar surface area (TPSA) is 88.2 Å². The van der Waals surface area contributed by atoms with Crippen LogP contribution in [0, 0.1) is 5.92 Å². The second-order valence-corrected chi connectivity index (χ2v) is 6.72. The summed E-state index contributed by atoms with van der Waals surface area (Å²) in [4.78, 5) is 21.1. The van der Waals surface area contributed by atoms with Gasteiger partial charge < -0.3 is 10.2 Å². The van der Waals surface area contributed by atoms with Crippen molar-refractivity contribution >= 4 is 0 Å². The van der Waals surface area contributed by atoms with Crippen LogP contribution in [-0.4, -0.2) is 30.9 Å². The number of halogens is 3. The molecule has 0 radical (unpaired) electrons. The lowest BCUT2D eigenvalue weighted by atomic mass is 9.81. The molecule has 0 aliphatic heterocycles. The summed E-state index contributed by atoms with van der Waals surface area (Å²) in [6.07, 6.45) is -2.34. The van der Waals surface area contributed by atoms with E-state index < -0.39 is 23.4 Å². The molecule has 27 heavy (non-hydrogen) atoms. The van der Waals surface area contributed by atoms with Gasteiger partial charge in [-0.15, -0.1) is 0 Å². The first-order valence-electron chi connectivity index (χ1n) is 8.79. The van der Waals surface area contributed by atoms with Gasteiger partial charge in [0.25, 0.3) is 0 Å². The molecule has 2 aromatic rings. The highest BCUT2D eigenvalue weighted by atomic mass is 19.4. The van der Waals surface area contributed by atoms with E-state index >= 15 is 0 Å². The van der Waals surface area contributed by atoms with E-state index in [1.165, 1.54) is 12.1 Å². The van der Waals surface area contributed by atoms with Crippen LogP contribution in [0.25, 0.3) is 5.82 Å². The number of aromatic hydroxyl groups is 2. The molecule has 0 amide bonds. The summed E-state index contributed by atoms with van der Waals surface area (Å²) in [6, 6.07) is 2.73. The van der Waals surface area contributed by atoms with Gasteiger partial charge in [0.15, 0.2) is 0 Å². The Labute approximate surface area is 153 Å². The first-order chi connectivity index (χ1) is 12.7. The van der Waals surface area contributed by atoms with Crippen molar-refractivity contribution in [3.63, 3.8) is 0 Å². The third kappa shape index (κ3) is 3.77. The van der Waals surface area contributed by atoms with Gasteiger partial charge in [-0.05, 0) is 44.2 Å². The fourth-order valence-electron chi connectivity index (χ4n) is 3.51. The maximum absolute atomic E-state index is 13.0. The zero-order valence-corrected chi connectivity index (χ0v) is 14.7. The van der Waals surface area contributed by atoms with Crippen LogP contribution in [0.1, 0.15) is 50.0 Å². The van der Waals surface area contributed by atoms with Crippen molar-refractivity contribution in [2.24, 2.45) is 5.92 Å². The number of hydrogen-bond donors (Lipinski definition) is 2. The summed E-state index contributed by atoms with van der Waals surface area (Å²) in [7, 11) is 0. The number of hydrogen-bond acceptors (Lipinski definition) is 5. The molecule has 1 aliphatic carbocycles. The molecule has 146 valence electrons. The minimum Gasteiger partial charge on any atom is -0.506 e.